The molecule has 3 aliphatic rings. The van der Waals surface area contributed by atoms with Gasteiger partial charge in [-0.3, -0.25) is 4.79 Å². The van der Waals surface area contributed by atoms with Gasteiger partial charge in [-0.15, -0.1) is 0 Å². The number of nitrogens with one attached hydrogen (secondary N) is 1. The summed E-state index contributed by atoms with van der Waals surface area (Å²) < 4.78 is 27.0. The minimum absolute atomic E-state index is 0.371. The summed E-state index contributed by atoms with van der Waals surface area (Å²) in [5.41, 5.74) is 0. The van der Waals surface area contributed by atoms with Crippen LogP contribution in [0.4, 0.5) is 0 Å². The second-order valence-electron chi connectivity index (χ2n) is 8.65. The summed E-state index contributed by atoms with van der Waals surface area (Å²) in [6, 6.07) is -1.28. The smallest absolute Gasteiger partial charge is 0.217 e. The van der Waals surface area contributed by atoms with Crippen molar-refractivity contribution in [3.63, 3.8) is 0 Å². The second kappa shape index (κ2) is 11.3. The van der Waals surface area contributed by atoms with Crippen LogP contribution in [0.1, 0.15) is 13.8 Å². The molecule has 34 heavy (non-hydrogen) atoms. The lowest BCUT2D eigenvalue weighted by atomic mass is 9.96. The molecular weight excluding hydrogens is 466 g/mol. The van der Waals surface area contributed by atoms with Gasteiger partial charge in [0.25, 0.3) is 0 Å². The van der Waals surface area contributed by atoms with E-state index in [1.807, 2.05) is 0 Å². The lowest BCUT2D eigenvalue weighted by molar-refractivity contribution is -0.358. The summed E-state index contributed by atoms with van der Waals surface area (Å²) in [5, 5.41) is 83.2. The molecular formula is C19H33NO14. The van der Waals surface area contributed by atoms with E-state index < -0.39 is 98.5 Å². The van der Waals surface area contributed by atoms with Crippen LogP contribution in [0.5, 0.6) is 0 Å². The van der Waals surface area contributed by atoms with Gasteiger partial charge in [0, 0.05) is 6.92 Å². The monoisotopic (exact) mass is 499 g/mol. The van der Waals surface area contributed by atoms with E-state index in [0.717, 1.165) is 6.92 Å². The van der Waals surface area contributed by atoms with Gasteiger partial charge in [0.15, 0.2) is 18.9 Å². The zero-order valence-corrected chi connectivity index (χ0v) is 18.5. The van der Waals surface area contributed by atoms with Crippen molar-refractivity contribution in [2.75, 3.05) is 13.2 Å². The molecule has 3 heterocycles. The van der Waals surface area contributed by atoms with Crippen LogP contribution < -0.4 is 5.32 Å². The molecule has 15 nitrogen and oxygen atoms in total. The number of carbonyl (C=O) groups is 1. The molecule has 1 unspecified atom stereocenters. The van der Waals surface area contributed by atoms with Gasteiger partial charge in [-0.2, -0.15) is 0 Å². The van der Waals surface area contributed by atoms with Crippen molar-refractivity contribution in [1.82, 2.24) is 5.32 Å². The topological polar surface area (TPSA) is 237 Å². The molecule has 0 bridgehead atoms. The van der Waals surface area contributed by atoms with E-state index in [-0.39, 0.29) is 6.61 Å². The maximum Gasteiger partial charge on any atom is 0.217 e. The number of aliphatic hydroxyl groups excluding tert-OH is 8. The Morgan fingerprint density at radius 2 is 1.56 bits per heavy atom. The van der Waals surface area contributed by atoms with Crippen molar-refractivity contribution < 1.29 is 69.3 Å². The number of ether oxygens (including phenoxy) is 5. The Bertz CT molecular complexity index is 685. The first-order chi connectivity index (χ1) is 15.9. The van der Waals surface area contributed by atoms with Crippen LogP contribution in [-0.2, 0) is 28.5 Å². The summed E-state index contributed by atoms with van der Waals surface area (Å²) in [4.78, 5) is 11.2. The normalized spacial score (nSPS) is 50.1. The lowest BCUT2D eigenvalue weighted by Gasteiger charge is -2.45. The highest BCUT2D eigenvalue weighted by molar-refractivity contribution is 5.73. The lowest BCUT2D eigenvalue weighted by Crippen LogP contribution is -2.65. The van der Waals surface area contributed by atoms with Crippen LogP contribution in [-0.4, -0.2) is 146 Å². The molecule has 1 amide bonds. The molecule has 9 N–H and O–H groups in total. The van der Waals surface area contributed by atoms with Gasteiger partial charge in [-0.25, -0.2) is 0 Å². The van der Waals surface area contributed by atoms with E-state index in [9.17, 15) is 45.6 Å². The SMILES string of the molecule is CC(=O)N[C@H]1C(O)O[C@H](CO[C@@H]2O[C@H](C)[C@H](O)[C@H](O)[C@H]2O[C@@H]2OC[C@@H](O)[C@H](O)[C@H]2O)[C@@H](O)[C@@H]1O. The van der Waals surface area contributed by atoms with Crippen molar-refractivity contribution in [3.05, 3.63) is 0 Å². The Kier molecular flexibility index (Phi) is 9.18. The molecule has 0 aliphatic carbocycles. The molecule has 0 spiro atoms. The zero-order chi connectivity index (χ0) is 25.3. The second-order valence-corrected chi connectivity index (χ2v) is 8.65. The molecule has 0 aromatic rings. The quantitative estimate of drug-likeness (QED) is 0.166. The first-order valence-corrected chi connectivity index (χ1v) is 10.8. The van der Waals surface area contributed by atoms with E-state index in [4.69, 9.17) is 23.7 Å². The first-order valence-electron chi connectivity index (χ1n) is 10.8. The van der Waals surface area contributed by atoms with E-state index in [1.54, 1.807) is 0 Å². The molecule has 0 radical (unpaired) electrons. The van der Waals surface area contributed by atoms with Gasteiger partial charge >= 0.3 is 0 Å². The van der Waals surface area contributed by atoms with Crippen LogP contribution in [0.2, 0.25) is 0 Å². The van der Waals surface area contributed by atoms with Gasteiger partial charge in [0.1, 0.15) is 61.0 Å². The molecule has 0 aromatic carbocycles. The van der Waals surface area contributed by atoms with Crippen molar-refractivity contribution in [3.8, 4) is 0 Å². The molecule has 0 saturated carbocycles. The number of hydrogen-bond acceptors (Lipinski definition) is 14. The Morgan fingerprint density at radius 1 is 0.882 bits per heavy atom. The van der Waals surface area contributed by atoms with E-state index >= 15 is 0 Å². The van der Waals surface area contributed by atoms with Crippen LogP contribution >= 0.6 is 0 Å². The van der Waals surface area contributed by atoms with Gasteiger partial charge < -0.3 is 69.9 Å². The Morgan fingerprint density at radius 3 is 2.21 bits per heavy atom. The van der Waals surface area contributed by atoms with Crippen molar-refractivity contribution in [1.29, 1.82) is 0 Å². The molecule has 3 fully saturated rings. The van der Waals surface area contributed by atoms with Gasteiger partial charge in [-0.1, -0.05) is 0 Å². The van der Waals surface area contributed by atoms with Gasteiger partial charge in [-0.05, 0) is 6.92 Å². The van der Waals surface area contributed by atoms with Gasteiger partial charge in [0.05, 0.1) is 19.3 Å². The molecule has 3 rings (SSSR count). The summed E-state index contributed by atoms with van der Waals surface area (Å²) in [6.07, 6.45) is -19.1. The van der Waals surface area contributed by atoms with Crippen molar-refractivity contribution in [2.45, 2.75) is 99.8 Å². The van der Waals surface area contributed by atoms with Crippen LogP contribution in [0, 0.1) is 0 Å². The summed E-state index contributed by atoms with van der Waals surface area (Å²) in [6.45, 7) is 1.75. The molecule has 0 aromatic heterocycles. The van der Waals surface area contributed by atoms with Crippen LogP contribution in [0.3, 0.4) is 0 Å². The minimum Gasteiger partial charge on any atom is -0.388 e. The van der Waals surface area contributed by atoms with E-state index in [2.05, 4.69) is 5.32 Å². The van der Waals surface area contributed by atoms with E-state index in [1.165, 1.54) is 6.92 Å². The third-order valence-corrected chi connectivity index (χ3v) is 6.04. The Balaban J connectivity index is 1.67. The van der Waals surface area contributed by atoms with Crippen molar-refractivity contribution in [2.24, 2.45) is 0 Å². The number of carbonyl (C=O) groups excluding carboxylic acids is 1. The number of amides is 1. The fourth-order valence-electron chi connectivity index (χ4n) is 4.00. The summed E-state index contributed by atoms with van der Waals surface area (Å²) in [5.74, 6) is -0.560. The van der Waals surface area contributed by atoms with Crippen molar-refractivity contribution >= 4 is 5.91 Å². The van der Waals surface area contributed by atoms with Crippen LogP contribution in [0.15, 0.2) is 0 Å². The fraction of sp³-hybridized carbons (Fsp3) is 0.947. The number of hydrogen-bond donors (Lipinski definition) is 9. The molecule has 14 atom stereocenters. The summed E-state index contributed by atoms with van der Waals surface area (Å²) >= 11 is 0. The number of rotatable bonds is 6. The zero-order valence-electron chi connectivity index (χ0n) is 18.5. The maximum atomic E-state index is 11.2. The predicted octanol–water partition coefficient (Wildman–Crippen LogP) is -5.76. The standard InChI is InChI=1S/C19H33NO14/c1-5-10(23)14(27)16(34-18-15(28)11(24)7(22)3-30-18)19(32-5)31-4-8-12(25)13(26)9(17(29)33-8)20-6(2)21/h5,7-19,22-29H,3-4H2,1-2H3,(H,20,21)/t5-,7-,8-,9-,10+,11+,12-,13-,14+,15-,16-,17?,18+,19-/m1/s1. The molecule has 3 saturated heterocycles. The maximum absolute atomic E-state index is 11.2. The third kappa shape index (κ3) is 5.84. The molecule has 3 aliphatic heterocycles. The predicted molar refractivity (Wildman–Crippen MR) is 105 cm³/mol. The third-order valence-electron chi connectivity index (χ3n) is 6.04. The highest BCUT2D eigenvalue weighted by Gasteiger charge is 2.50. The highest BCUT2D eigenvalue weighted by atomic mass is 16.8. The minimum atomic E-state index is -1.69. The summed E-state index contributed by atoms with van der Waals surface area (Å²) in [7, 11) is 0. The van der Waals surface area contributed by atoms with Crippen LogP contribution in [0.25, 0.3) is 0 Å². The highest BCUT2D eigenvalue weighted by Crippen LogP contribution is 2.29. The van der Waals surface area contributed by atoms with E-state index in [0.29, 0.717) is 0 Å². The average molecular weight is 499 g/mol. The number of aliphatic hydroxyl groups is 8. The molecule has 198 valence electrons. The largest absolute Gasteiger partial charge is 0.388 e. The fourth-order valence-corrected chi connectivity index (χ4v) is 4.00. The average Bonchev–Trinajstić information content (AvgIpc) is 2.78. The molecule has 15 heteroatoms. The Labute approximate surface area is 194 Å². The first kappa shape index (κ1) is 27.5. The Hall–Kier alpha value is -1.05. The van der Waals surface area contributed by atoms with Gasteiger partial charge in [0.2, 0.25) is 5.91 Å².